The Hall–Kier alpha value is -2.60. The summed E-state index contributed by atoms with van der Waals surface area (Å²) in [6.07, 6.45) is 46.5. The highest BCUT2D eigenvalue weighted by atomic mass is 16.7. The van der Waals surface area contributed by atoms with Gasteiger partial charge in [-0.25, -0.2) is 0 Å². The zero-order valence-electron chi connectivity index (χ0n) is 39.8. The molecule has 1 heterocycles. The summed E-state index contributed by atoms with van der Waals surface area (Å²) in [4.78, 5) is 25.4. The zero-order chi connectivity index (χ0) is 45.9. The van der Waals surface area contributed by atoms with E-state index >= 15 is 0 Å². The largest absolute Gasteiger partial charge is 0.462 e. The van der Waals surface area contributed by atoms with E-state index in [1.807, 2.05) is 0 Å². The van der Waals surface area contributed by atoms with E-state index < -0.39 is 49.4 Å². The first kappa shape index (κ1) is 58.4. The van der Waals surface area contributed by atoms with Crippen molar-refractivity contribution in [2.45, 2.75) is 243 Å². The van der Waals surface area contributed by atoms with Gasteiger partial charge in [-0.05, 0) is 83.5 Å². The van der Waals surface area contributed by atoms with E-state index in [0.29, 0.717) is 6.42 Å². The topological polar surface area (TPSA) is 152 Å². The van der Waals surface area contributed by atoms with Crippen molar-refractivity contribution < 1.29 is 49.0 Å². The van der Waals surface area contributed by atoms with Gasteiger partial charge in [-0.1, -0.05) is 171 Å². The summed E-state index contributed by atoms with van der Waals surface area (Å²) in [5, 5.41) is 40.2. The summed E-state index contributed by atoms with van der Waals surface area (Å²) in [5.41, 5.74) is 0. The SMILES string of the molecule is CCCCC/C=C/C/C=C/C/C=C/C/C=C/CCCCCC(=O)O[C@@H](COC(=O)CCCCCCCCCCC/C=C/CCCCCCCC)CO[C@H]1O[C@@H](CO)[C@@H](O)C(O)C1O. The first-order valence-corrected chi connectivity index (χ1v) is 25.4. The molecule has 4 N–H and O–H groups in total. The molecular weight excluding hydrogens is 797 g/mol. The third-order valence-electron chi connectivity index (χ3n) is 11.4. The van der Waals surface area contributed by atoms with Gasteiger partial charge >= 0.3 is 11.9 Å². The minimum atomic E-state index is -1.60. The van der Waals surface area contributed by atoms with Crippen LogP contribution in [0.4, 0.5) is 0 Å². The Morgan fingerprint density at radius 3 is 1.40 bits per heavy atom. The average Bonchev–Trinajstić information content (AvgIpc) is 3.28. The normalized spacial score (nSPS) is 20.0. The number of aliphatic hydroxyl groups excluding tert-OH is 4. The van der Waals surface area contributed by atoms with Gasteiger partial charge < -0.3 is 39.4 Å². The van der Waals surface area contributed by atoms with E-state index in [4.69, 9.17) is 18.9 Å². The van der Waals surface area contributed by atoms with Gasteiger partial charge in [0.05, 0.1) is 13.2 Å². The number of ether oxygens (including phenoxy) is 4. The van der Waals surface area contributed by atoms with E-state index in [-0.39, 0.29) is 32.0 Å². The molecule has 63 heavy (non-hydrogen) atoms. The van der Waals surface area contributed by atoms with Gasteiger partial charge in [0, 0.05) is 12.8 Å². The molecule has 0 radical (unpaired) electrons. The molecule has 1 rings (SSSR count). The molecule has 364 valence electrons. The predicted molar refractivity (Wildman–Crippen MR) is 256 cm³/mol. The van der Waals surface area contributed by atoms with Crippen molar-refractivity contribution >= 4 is 11.9 Å². The second kappa shape index (κ2) is 43.3. The molecule has 1 aliphatic heterocycles. The van der Waals surface area contributed by atoms with Crippen molar-refractivity contribution in [3.8, 4) is 0 Å². The summed E-state index contributed by atoms with van der Waals surface area (Å²) >= 11 is 0. The van der Waals surface area contributed by atoms with Crippen LogP contribution < -0.4 is 0 Å². The van der Waals surface area contributed by atoms with Gasteiger partial charge in [0.1, 0.15) is 31.0 Å². The molecule has 6 atom stereocenters. The van der Waals surface area contributed by atoms with Crippen molar-refractivity contribution in [3.63, 3.8) is 0 Å². The molecule has 0 aromatic carbocycles. The van der Waals surface area contributed by atoms with E-state index in [1.54, 1.807) is 0 Å². The van der Waals surface area contributed by atoms with Crippen molar-refractivity contribution in [1.29, 1.82) is 0 Å². The molecule has 0 saturated carbocycles. The molecule has 0 aromatic heterocycles. The number of esters is 2. The van der Waals surface area contributed by atoms with Crippen LogP contribution >= 0.6 is 0 Å². The lowest BCUT2D eigenvalue weighted by Gasteiger charge is -2.39. The zero-order valence-corrected chi connectivity index (χ0v) is 39.8. The lowest BCUT2D eigenvalue weighted by atomic mass is 9.99. The lowest BCUT2D eigenvalue weighted by Crippen LogP contribution is -2.59. The molecule has 1 saturated heterocycles. The molecule has 2 unspecified atom stereocenters. The molecule has 0 aromatic rings. The Morgan fingerprint density at radius 2 is 0.889 bits per heavy atom. The Bertz CT molecular complexity index is 1210. The van der Waals surface area contributed by atoms with Crippen molar-refractivity contribution in [1.82, 2.24) is 0 Å². The minimum absolute atomic E-state index is 0.190. The Balaban J connectivity index is 2.31. The van der Waals surface area contributed by atoms with Crippen LogP contribution in [0.3, 0.4) is 0 Å². The molecule has 1 fully saturated rings. The van der Waals surface area contributed by atoms with Gasteiger partial charge in [-0.15, -0.1) is 0 Å². The van der Waals surface area contributed by atoms with Gasteiger partial charge in [0.2, 0.25) is 0 Å². The maximum Gasteiger partial charge on any atom is 0.306 e. The summed E-state index contributed by atoms with van der Waals surface area (Å²) in [7, 11) is 0. The van der Waals surface area contributed by atoms with E-state index in [0.717, 1.165) is 64.2 Å². The molecule has 0 amide bonds. The van der Waals surface area contributed by atoms with Crippen LogP contribution in [0.5, 0.6) is 0 Å². The quantitative estimate of drug-likeness (QED) is 0.0265. The molecule has 10 heteroatoms. The van der Waals surface area contributed by atoms with Gasteiger partial charge in [-0.3, -0.25) is 9.59 Å². The highest BCUT2D eigenvalue weighted by molar-refractivity contribution is 5.70. The van der Waals surface area contributed by atoms with Crippen LogP contribution in [0.1, 0.15) is 206 Å². The second-order valence-corrected chi connectivity index (χ2v) is 17.3. The molecule has 1 aliphatic rings. The number of aliphatic hydroxyl groups is 4. The summed E-state index contributed by atoms with van der Waals surface area (Å²) in [6, 6.07) is 0. The average molecular weight is 889 g/mol. The first-order chi connectivity index (χ1) is 30.8. The smallest absolute Gasteiger partial charge is 0.306 e. The number of unbranched alkanes of at least 4 members (excludes halogenated alkanes) is 21. The highest BCUT2D eigenvalue weighted by Gasteiger charge is 2.44. The third kappa shape index (κ3) is 34.4. The summed E-state index contributed by atoms with van der Waals surface area (Å²) in [5.74, 6) is -0.844. The maximum absolute atomic E-state index is 12.8. The lowest BCUT2D eigenvalue weighted by molar-refractivity contribution is -0.305. The fourth-order valence-corrected chi connectivity index (χ4v) is 7.34. The molecule has 10 nitrogen and oxygen atoms in total. The van der Waals surface area contributed by atoms with Crippen molar-refractivity contribution in [2.24, 2.45) is 0 Å². The van der Waals surface area contributed by atoms with Gasteiger partial charge in [-0.2, -0.15) is 0 Å². The number of carbonyl (C=O) groups excluding carboxylic acids is 2. The fourth-order valence-electron chi connectivity index (χ4n) is 7.34. The molecule has 0 spiro atoms. The number of hydrogen-bond acceptors (Lipinski definition) is 10. The third-order valence-corrected chi connectivity index (χ3v) is 11.4. The predicted octanol–water partition coefficient (Wildman–Crippen LogP) is 11.8. The van der Waals surface area contributed by atoms with E-state index in [9.17, 15) is 30.0 Å². The number of carbonyl (C=O) groups is 2. The maximum atomic E-state index is 12.8. The number of rotatable bonds is 42. The first-order valence-electron chi connectivity index (χ1n) is 25.4. The van der Waals surface area contributed by atoms with E-state index in [1.165, 1.54) is 109 Å². The van der Waals surface area contributed by atoms with Crippen molar-refractivity contribution in [2.75, 3.05) is 19.8 Å². The van der Waals surface area contributed by atoms with Crippen LogP contribution in [-0.2, 0) is 28.5 Å². The Kier molecular flexibility index (Phi) is 40.2. The van der Waals surface area contributed by atoms with Gasteiger partial charge in [0.25, 0.3) is 0 Å². The van der Waals surface area contributed by atoms with Crippen LogP contribution in [0.2, 0.25) is 0 Å². The van der Waals surface area contributed by atoms with Crippen LogP contribution in [0.25, 0.3) is 0 Å². The van der Waals surface area contributed by atoms with Crippen LogP contribution in [0, 0.1) is 0 Å². The summed E-state index contributed by atoms with van der Waals surface area (Å²) < 4.78 is 22.2. The fraction of sp³-hybridized carbons (Fsp3) is 0.774. The number of allylic oxidation sites excluding steroid dienone is 10. The monoisotopic (exact) mass is 889 g/mol. The molecular formula is C53H92O10. The van der Waals surface area contributed by atoms with E-state index in [2.05, 4.69) is 74.6 Å². The number of hydrogen-bond donors (Lipinski definition) is 4. The Labute approximate surface area is 383 Å². The second-order valence-electron chi connectivity index (χ2n) is 17.3. The Morgan fingerprint density at radius 1 is 0.492 bits per heavy atom. The van der Waals surface area contributed by atoms with Crippen molar-refractivity contribution in [3.05, 3.63) is 60.8 Å². The molecule has 0 aliphatic carbocycles. The van der Waals surface area contributed by atoms with Crippen LogP contribution in [-0.4, -0.2) is 89.0 Å². The van der Waals surface area contributed by atoms with Crippen LogP contribution in [0.15, 0.2) is 60.8 Å². The molecule has 0 bridgehead atoms. The standard InChI is InChI=1S/C53H92O10/c1-3-5-7-9-11-13-15-17-19-21-23-25-27-29-31-33-35-37-39-41-48(55)60-44-46(45-61-53-52(59)51(58)50(57)47(43-54)63-53)62-49(56)42-40-38-36-34-32-30-28-26-24-22-20-18-16-14-12-10-8-6-4-2/h12,14,17-20,24,26,30,32,46-47,50-54,57-59H,3-11,13,15-16,21-23,25,27-29,31,33-45H2,1-2H3/b14-12+,19-17+,20-18+,26-24+,32-30+/t46-,47-,50+,51?,52?,53-/m0/s1. The summed E-state index contributed by atoms with van der Waals surface area (Å²) in [6.45, 7) is 3.37. The minimum Gasteiger partial charge on any atom is -0.462 e. The highest BCUT2D eigenvalue weighted by Crippen LogP contribution is 2.23. The van der Waals surface area contributed by atoms with Gasteiger partial charge in [0.15, 0.2) is 12.4 Å².